The number of fused-ring (bicyclic) bond motifs is 2. The Morgan fingerprint density at radius 3 is 2.78 bits per heavy atom. The summed E-state index contributed by atoms with van der Waals surface area (Å²) in [5.74, 6) is 0.266. The number of carbonyl (C=O) groups is 1. The molecule has 0 aliphatic carbocycles. The van der Waals surface area contributed by atoms with Gasteiger partial charge in [0.05, 0.1) is 11.8 Å². The number of nitrogens with two attached hydrogens (primary N) is 1. The fourth-order valence-corrected chi connectivity index (χ4v) is 6.73. The van der Waals surface area contributed by atoms with Crippen LogP contribution >= 0.6 is 11.3 Å². The van der Waals surface area contributed by atoms with Crippen molar-refractivity contribution in [3.05, 3.63) is 52.8 Å². The normalized spacial score (nSPS) is 20.9. The topological polar surface area (TPSA) is 91.1 Å². The molecule has 1 unspecified atom stereocenters. The number of carbonyl (C=O) groups excluding carboxylic acids is 1. The van der Waals surface area contributed by atoms with Gasteiger partial charge in [0, 0.05) is 47.4 Å². The van der Waals surface area contributed by atoms with Crippen LogP contribution in [0.1, 0.15) is 33.8 Å². The van der Waals surface area contributed by atoms with Crippen LogP contribution in [0.15, 0.2) is 36.7 Å². The van der Waals surface area contributed by atoms with E-state index in [1.165, 1.54) is 11.9 Å². The van der Waals surface area contributed by atoms with Gasteiger partial charge in [-0.3, -0.25) is 9.69 Å². The highest BCUT2D eigenvalue weighted by molar-refractivity contribution is 7.18. The number of likely N-dealkylation sites (tertiary alicyclic amines) is 1. The highest BCUT2D eigenvalue weighted by atomic mass is 32.1. The molecule has 7 nitrogen and oxygen atoms in total. The fraction of sp³-hybridized carbons (Fsp3) is 0.400. The van der Waals surface area contributed by atoms with Crippen molar-refractivity contribution in [1.29, 1.82) is 0 Å². The second-order valence-electron chi connectivity index (χ2n) is 10.0. The van der Waals surface area contributed by atoms with Gasteiger partial charge < -0.3 is 15.6 Å². The standard InChI is InChI=1S/C25H25F3N6OS/c26-25(27,28)10-17-9-18-22(30-14-31-23(18)36-17)34-6-4-24(13-34)3-5-33(12-24)11-15-1-2-16-8-20(21(29)35)32-19(16)7-15/h1-2,7-9,14,32H,3-6,10-13H2,(H2,29,35). The minimum absolute atomic E-state index is 0.137. The lowest BCUT2D eigenvalue weighted by molar-refractivity contribution is -0.126. The Morgan fingerprint density at radius 1 is 1.14 bits per heavy atom. The van der Waals surface area contributed by atoms with Crippen molar-refractivity contribution in [2.75, 3.05) is 31.1 Å². The Kier molecular flexibility index (Phi) is 5.45. The van der Waals surface area contributed by atoms with Crippen LogP contribution < -0.4 is 10.6 Å². The molecule has 2 fully saturated rings. The van der Waals surface area contributed by atoms with Gasteiger partial charge >= 0.3 is 6.18 Å². The zero-order valence-electron chi connectivity index (χ0n) is 19.4. The van der Waals surface area contributed by atoms with Crippen molar-refractivity contribution in [2.45, 2.75) is 32.0 Å². The molecular weight excluding hydrogens is 489 g/mol. The molecule has 2 aliphatic rings. The van der Waals surface area contributed by atoms with Crippen LogP contribution in [-0.4, -0.2) is 58.1 Å². The maximum atomic E-state index is 12.9. The number of nitrogens with one attached hydrogen (secondary N) is 1. The van der Waals surface area contributed by atoms with Crippen LogP contribution in [0, 0.1) is 5.41 Å². The number of hydrogen-bond acceptors (Lipinski definition) is 6. The summed E-state index contributed by atoms with van der Waals surface area (Å²) < 4.78 is 38.7. The van der Waals surface area contributed by atoms with E-state index in [1.807, 2.05) is 6.07 Å². The number of thiophene rings is 1. The number of amides is 1. The van der Waals surface area contributed by atoms with E-state index >= 15 is 0 Å². The first-order valence-electron chi connectivity index (χ1n) is 11.9. The molecule has 36 heavy (non-hydrogen) atoms. The first-order chi connectivity index (χ1) is 17.2. The number of H-pyrrole nitrogens is 1. The number of aromatic nitrogens is 3. The lowest BCUT2D eigenvalue weighted by Gasteiger charge is -2.25. The van der Waals surface area contributed by atoms with Crippen LogP contribution in [0.5, 0.6) is 0 Å². The first-order valence-corrected chi connectivity index (χ1v) is 12.7. The second-order valence-corrected chi connectivity index (χ2v) is 11.1. The lowest BCUT2D eigenvalue weighted by atomic mass is 9.86. The summed E-state index contributed by atoms with van der Waals surface area (Å²) in [5.41, 5.74) is 8.00. The van der Waals surface area contributed by atoms with Crippen molar-refractivity contribution < 1.29 is 18.0 Å². The van der Waals surface area contributed by atoms with Gasteiger partial charge in [-0.05, 0) is 43.1 Å². The Bertz CT molecular complexity index is 1460. The number of nitrogens with zero attached hydrogens (tertiary/aromatic N) is 4. The van der Waals surface area contributed by atoms with Crippen molar-refractivity contribution in [3.63, 3.8) is 0 Å². The number of alkyl halides is 3. The molecule has 5 heterocycles. The molecule has 1 amide bonds. The van der Waals surface area contributed by atoms with Crippen LogP contribution in [0.25, 0.3) is 21.1 Å². The zero-order chi connectivity index (χ0) is 25.1. The molecule has 4 aromatic rings. The number of benzene rings is 1. The third-order valence-corrected chi connectivity index (χ3v) is 8.39. The van der Waals surface area contributed by atoms with E-state index in [2.05, 4.69) is 36.9 Å². The van der Waals surface area contributed by atoms with Crippen LogP contribution in [-0.2, 0) is 13.0 Å². The first kappa shape index (κ1) is 23.2. The SMILES string of the molecule is NC(=O)c1cc2ccc(CN3CCC4(CCN(c5ncnc6sc(CC(F)(F)F)cc56)C4)C3)cc2[nH]1. The summed E-state index contributed by atoms with van der Waals surface area (Å²) in [7, 11) is 0. The third kappa shape index (κ3) is 4.41. The predicted molar refractivity (Wildman–Crippen MR) is 133 cm³/mol. The second kappa shape index (κ2) is 8.45. The van der Waals surface area contributed by atoms with Crippen LogP contribution in [0.3, 0.4) is 0 Å². The van der Waals surface area contributed by atoms with E-state index in [-0.39, 0.29) is 10.3 Å². The number of primary amides is 1. The van der Waals surface area contributed by atoms with Crippen LogP contribution in [0.4, 0.5) is 19.0 Å². The number of halogens is 3. The number of anilines is 1. The lowest BCUT2D eigenvalue weighted by Crippen LogP contribution is -2.31. The number of hydrogen-bond donors (Lipinski definition) is 2. The maximum Gasteiger partial charge on any atom is 0.393 e. The molecule has 0 bridgehead atoms. The van der Waals surface area contributed by atoms with Gasteiger partial charge in [-0.15, -0.1) is 11.3 Å². The summed E-state index contributed by atoms with van der Waals surface area (Å²) in [6.07, 6.45) is -1.64. The van der Waals surface area contributed by atoms with Gasteiger partial charge in [-0.1, -0.05) is 12.1 Å². The molecule has 3 aromatic heterocycles. The molecule has 2 aliphatic heterocycles. The quantitative estimate of drug-likeness (QED) is 0.410. The van der Waals surface area contributed by atoms with Crippen molar-refractivity contribution >= 4 is 44.2 Å². The molecule has 11 heteroatoms. The minimum atomic E-state index is -4.24. The Morgan fingerprint density at radius 2 is 1.97 bits per heavy atom. The summed E-state index contributed by atoms with van der Waals surface area (Å²) >= 11 is 1.09. The molecule has 1 atom stereocenters. The average Bonchev–Trinajstić information content (AvgIpc) is 3.58. The summed E-state index contributed by atoms with van der Waals surface area (Å²) in [6.45, 7) is 4.41. The molecule has 3 N–H and O–H groups in total. The maximum absolute atomic E-state index is 12.9. The number of aromatic amines is 1. The van der Waals surface area contributed by atoms with Crippen molar-refractivity contribution in [3.8, 4) is 0 Å². The van der Waals surface area contributed by atoms with E-state index in [4.69, 9.17) is 5.73 Å². The van der Waals surface area contributed by atoms with Crippen molar-refractivity contribution in [1.82, 2.24) is 19.9 Å². The predicted octanol–water partition coefficient (Wildman–Crippen LogP) is 4.48. The molecule has 0 radical (unpaired) electrons. The summed E-state index contributed by atoms with van der Waals surface area (Å²) in [4.78, 5) is 28.8. The monoisotopic (exact) mass is 514 g/mol. The molecule has 1 aromatic carbocycles. The molecule has 6 rings (SSSR count). The fourth-order valence-electron chi connectivity index (χ4n) is 5.70. The smallest absolute Gasteiger partial charge is 0.364 e. The van der Waals surface area contributed by atoms with E-state index in [1.54, 1.807) is 12.1 Å². The highest BCUT2D eigenvalue weighted by Gasteiger charge is 2.44. The average molecular weight is 515 g/mol. The Balaban J connectivity index is 1.16. The minimum Gasteiger partial charge on any atom is -0.364 e. The van der Waals surface area contributed by atoms with Gasteiger partial charge in [0.2, 0.25) is 0 Å². The van der Waals surface area contributed by atoms with Gasteiger partial charge in [0.15, 0.2) is 0 Å². The Hall–Kier alpha value is -3.18. The molecular formula is C25H25F3N6OS. The van der Waals surface area contributed by atoms with E-state index in [0.717, 1.165) is 73.6 Å². The van der Waals surface area contributed by atoms with Gasteiger partial charge in [-0.25, -0.2) is 9.97 Å². The Labute approximate surface area is 209 Å². The molecule has 2 saturated heterocycles. The van der Waals surface area contributed by atoms with Gasteiger partial charge in [0.1, 0.15) is 22.7 Å². The van der Waals surface area contributed by atoms with E-state index in [9.17, 15) is 18.0 Å². The van der Waals surface area contributed by atoms with Crippen LogP contribution in [0.2, 0.25) is 0 Å². The van der Waals surface area contributed by atoms with E-state index < -0.39 is 18.5 Å². The van der Waals surface area contributed by atoms with Gasteiger partial charge in [0.25, 0.3) is 5.91 Å². The molecule has 0 saturated carbocycles. The third-order valence-electron chi connectivity index (χ3n) is 7.35. The van der Waals surface area contributed by atoms with Crippen molar-refractivity contribution in [2.24, 2.45) is 11.1 Å². The largest absolute Gasteiger partial charge is 0.393 e. The number of rotatable bonds is 5. The summed E-state index contributed by atoms with van der Waals surface area (Å²) in [5, 5.41) is 1.67. The zero-order valence-corrected chi connectivity index (χ0v) is 20.3. The molecule has 1 spiro atoms. The van der Waals surface area contributed by atoms with Gasteiger partial charge in [-0.2, -0.15) is 13.2 Å². The highest BCUT2D eigenvalue weighted by Crippen LogP contribution is 2.43. The molecule has 188 valence electrons. The van der Waals surface area contributed by atoms with E-state index in [0.29, 0.717) is 15.9 Å². The summed E-state index contributed by atoms with van der Waals surface area (Å²) in [6, 6.07) is 9.53.